The molecule has 1 fully saturated rings. The number of halogens is 4. The van der Waals surface area contributed by atoms with Gasteiger partial charge in [-0.05, 0) is 50.1 Å². The number of likely N-dealkylation sites (tertiary alicyclic amines) is 1. The van der Waals surface area contributed by atoms with Crippen molar-refractivity contribution in [3.8, 4) is 22.6 Å². The molecule has 1 aliphatic heterocycles. The Hall–Kier alpha value is -4.16. The van der Waals surface area contributed by atoms with Crippen LogP contribution in [0.4, 0.5) is 18.9 Å². The van der Waals surface area contributed by atoms with Crippen molar-refractivity contribution in [3.63, 3.8) is 0 Å². The van der Waals surface area contributed by atoms with Gasteiger partial charge in [-0.15, -0.1) is 0 Å². The number of anilines is 1. The number of ether oxygens (including phenoxy) is 2. The predicted molar refractivity (Wildman–Crippen MR) is 161 cm³/mol. The molecule has 1 aromatic heterocycles. The topological polar surface area (TPSA) is 105 Å². The summed E-state index contributed by atoms with van der Waals surface area (Å²) < 4.78 is 51.7. The summed E-state index contributed by atoms with van der Waals surface area (Å²) >= 11 is 6.66. The van der Waals surface area contributed by atoms with E-state index >= 15 is 0 Å². The highest BCUT2D eigenvalue weighted by Crippen LogP contribution is 2.39. The van der Waals surface area contributed by atoms with Crippen LogP contribution >= 0.6 is 11.6 Å². The average Bonchev–Trinajstić information content (AvgIpc) is 3.47. The van der Waals surface area contributed by atoms with Crippen molar-refractivity contribution < 1.29 is 37.3 Å². The number of hydrogen-bond acceptors (Lipinski definition) is 7. The first kappa shape index (κ1) is 32.7. The Morgan fingerprint density at radius 3 is 2.64 bits per heavy atom. The van der Waals surface area contributed by atoms with Gasteiger partial charge in [0.2, 0.25) is 0 Å². The third-order valence-electron chi connectivity index (χ3n) is 7.33. The number of alkyl halides is 3. The molecule has 1 amide bonds. The lowest BCUT2D eigenvalue weighted by Gasteiger charge is -2.23. The molecule has 1 aliphatic rings. The molecule has 2 aromatic carbocycles. The SMILES string of the molecule is CN=Cc1cc(C(F)(F)F)ncc1-c1cc(C(=O)N(C)c2ccccc2OC)c(OCCCN2CCC[C@H]2C(=O)O)cc1Cl. The molecule has 0 saturated carbocycles. The van der Waals surface area contributed by atoms with E-state index in [4.69, 9.17) is 21.1 Å². The highest BCUT2D eigenvalue weighted by atomic mass is 35.5. The van der Waals surface area contributed by atoms with Gasteiger partial charge in [-0.1, -0.05) is 23.7 Å². The van der Waals surface area contributed by atoms with E-state index in [1.807, 2.05) is 4.90 Å². The summed E-state index contributed by atoms with van der Waals surface area (Å²) in [5.41, 5.74) is 0.0899. The van der Waals surface area contributed by atoms with E-state index in [0.29, 0.717) is 37.4 Å². The van der Waals surface area contributed by atoms with Gasteiger partial charge in [-0.25, -0.2) is 0 Å². The lowest BCUT2D eigenvalue weighted by atomic mass is 9.98. The van der Waals surface area contributed by atoms with E-state index < -0.39 is 29.8 Å². The number of carbonyl (C=O) groups is 2. The molecule has 44 heavy (non-hydrogen) atoms. The van der Waals surface area contributed by atoms with Crippen molar-refractivity contribution in [1.29, 1.82) is 0 Å². The summed E-state index contributed by atoms with van der Waals surface area (Å²) in [7, 11) is 4.47. The Bertz CT molecular complexity index is 1550. The number of amides is 1. The number of pyridine rings is 1. The smallest absolute Gasteiger partial charge is 0.433 e. The molecule has 1 N–H and O–H groups in total. The standard InChI is InChI=1S/C31H32ClF3N4O5/c1-36-17-19-14-28(31(33,34)35)37-18-22(19)20-15-21(29(40)38(2)24-8-4-5-10-26(24)43-3)27(16-23(20)32)44-13-7-12-39-11-6-9-25(39)30(41)42/h4-5,8,10,14-18,25H,6-7,9,11-13H2,1-3H3,(H,41,42)/t25-/m0/s1. The van der Waals surface area contributed by atoms with Crippen molar-refractivity contribution in [1.82, 2.24) is 9.88 Å². The molecule has 3 aromatic rings. The molecule has 2 heterocycles. The largest absolute Gasteiger partial charge is 0.495 e. The number of para-hydroxylation sites is 2. The van der Waals surface area contributed by atoms with Crippen LogP contribution in [0.3, 0.4) is 0 Å². The zero-order valence-corrected chi connectivity index (χ0v) is 25.2. The summed E-state index contributed by atoms with van der Waals surface area (Å²) in [6.45, 7) is 1.33. The first-order chi connectivity index (χ1) is 21.0. The normalized spacial score (nSPS) is 15.5. The molecule has 0 radical (unpaired) electrons. The van der Waals surface area contributed by atoms with Gasteiger partial charge in [-0.3, -0.25) is 24.5 Å². The summed E-state index contributed by atoms with van der Waals surface area (Å²) in [5, 5.41) is 9.57. The van der Waals surface area contributed by atoms with Crippen molar-refractivity contribution >= 4 is 35.4 Å². The Labute approximate surface area is 257 Å². The Morgan fingerprint density at radius 2 is 1.95 bits per heavy atom. The van der Waals surface area contributed by atoms with Crippen LogP contribution in [-0.2, 0) is 11.0 Å². The molecule has 0 spiro atoms. The van der Waals surface area contributed by atoms with Crippen LogP contribution in [0.25, 0.3) is 11.1 Å². The quantitative estimate of drug-likeness (QED) is 0.202. The van der Waals surface area contributed by atoms with E-state index in [-0.39, 0.29) is 39.6 Å². The maximum Gasteiger partial charge on any atom is 0.433 e. The van der Waals surface area contributed by atoms with Gasteiger partial charge in [0, 0.05) is 55.8 Å². The molecular weight excluding hydrogens is 601 g/mol. The molecule has 13 heteroatoms. The number of aromatic nitrogens is 1. The third-order valence-corrected chi connectivity index (χ3v) is 7.64. The fraction of sp³-hybridized carbons (Fsp3) is 0.355. The van der Waals surface area contributed by atoms with Gasteiger partial charge >= 0.3 is 12.1 Å². The number of carboxylic acid groups (broad SMARTS) is 1. The van der Waals surface area contributed by atoms with Gasteiger partial charge in [0.15, 0.2) is 0 Å². The summed E-state index contributed by atoms with van der Waals surface area (Å²) in [5.74, 6) is -0.735. The zero-order valence-electron chi connectivity index (χ0n) is 24.4. The molecule has 1 saturated heterocycles. The molecule has 4 rings (SSSR count). The van der Waals surface area contributed by atoms with Crippen LogP contribution in [0.15, 0.2) is 53.7 Å². The third kappa shape index (κ3) is 7.31. The Kier molecular flexibility index (Phi) is 10.5. The van der Waals surface area contributed by atoms with E-state index in [1.54, 1.807) is 31.3 Å². The lowest BCUT2D eigenvalue weighted by Crippen LogP contribution is -2.37. The number of methoxy groups -OCH3 is 1. The van der Waals surface area contributed by atoms with Crippen LogP contribution in [0, 0.1) is 0 Å². The Balaban J connectivity index is 1.72. The fourth-order valence-corrected chi connectivity index (χ4v) is 5.42. The highest BCUT2D eigenvalue weighted by molar-refractivity contribution is 6.34. The number of aliphatic imine (C=N–C) groups is 1. The van der Waals surface area contributed by atoms with Gasteiger partial charge < -0.3 is 19.5 Å². The first-order valence-corrected chi connectivity index (χ1v) is 14.2. The van der Waals surface area contributed by atoms with E-state index in [1.165, 1.54) is 37.4 Å². The second kappa shape index (κ2) is 14.1. The second-order valence-corrected chi connectivity index (χ2v) is 10.5. The molecule has 234 valence electrons. The van der Waals surface area contributed by atoms with Gasteiger partial charge in [0.05, 0.1) is 30.0 Å². The summed E-state index contributed by atoms with van der Waals surface area (Å²) in [4.78, 5) is 36.2. The average molecular weight is 633 g/mol. The predicted octanol–water partition coefficient (Wildman–Crippen LogP) is 6.07. The number of nitrogens with zero attached hydrogens (tertiary/aromatic N) is 4. The molecule has 1 atom stereocenters. The minimum Gasteiger partial charge on any atom is -0.495 e. The molecule has 0 aliphatic carbocycles. The van der Waals surface area contributed by atoms with Crippen LogP contribution in [0.2, 0.25) is 5.02 Å². The lowest BCUT2D eigenvalue weighted by molar-refractivity contribution is -0.142. The first-order valence-electron chi connectivity index (χ1n) is 13.8. The maximum atomic E-state index is 14.0. The van der Waals surface area contributed by atoms with Crippen LogP contribution < -0.4 is 14.4 Å². The van der Waals surface area contributed by atoms with Gasteiger partial charge in [-0.2, -0.15) is 13.2 Å². The number of hydrogen-bond donors (Lipinski definition) is 1. The fourth-order valence-electron chi connectivity index (χ4n) is 5.17. The molecule has 9 nitrogen and oxygen atoms in total. The number of aliphatic carboxylic acids is 1. The number of carbonyl (C=O) groups excluding carboxylic acids is 1. The van der Waals surface area contributed by atoms with Crippen LogP contribution in [0.1, 0.15) is 40.9 Å². The summed E-state index contributed by atoms with van der Waals surface area (Å²) in [6.07, 6.45) is -0.489. The number of carboxylic acids is 1. The van der Waals surface area contributed by atoms with Gasteiger partial charge in [0.25, 0.3) is 5.91 Å². The summed E-state index contributed by atoms with van der Waals surface area (Å²) in [6, 6.07) is 10.2. The van der Waals surface area contributed by atoms with E-state index in [2.05, 4.69) is 9.98 Å². The molecular formula is C31H32ClF3N4O5. The second-order valence-electron chi connectivity index (χ2n) is 10.1. The molecule has 0 bridgehead atoms. The highest BCUT2D eigenvalue weighted by Gasteiger charge is 2.33. The Morgan fingerprint density at radius 1 is 1.20 bits per heavy atom. The minimum absolute atomic E-state index is 0.0988. The zero-order chi connectivity index (χ0) is 32.0. The van der Waals surface area contributed by atoms with Crippen LogP contribution in [-0.4, -0.2) is 80.0 Å². The maximum absolute atomic E-state index is 14.0. The minimum atomic E-state index is -4.67. The van der Waals surface area contributed by atoms with Crippen LogP contribution in [0.5, 0.6) is 11.5 Å². The van der Waals surface area contributed by atoms with Crippen molar-refractivity contribution in [2.24, 2.45) is 4.99 Å². The van der Waals surface area contributed by atoms with E-state index in [9.17, 15) is 27.9 Å². The van der Waals surface area contributed by atoms with Crippen molar-refractivity contribution in [2.75, 3.05) is 45.8 Å². The van der Waals surface area contributed by atoms with E-state index in [0.717, 1.165) is 18.7 Å². The molecule has 0 unspecified atom stereocenters. The number of benzene rings is 2. The van der Waals surface area contributed by atoms with Crippen molar-refractivity contribution in [2.45, 2.75) is 31.5 Å². The van der Waals surface area contributed by atoms with Crippen molar-refractivity contribution in [3.05, 3.63) is 70.5 Å². The number of rotatable bonds is 11. The monoisotopic (exact) mass is 632 g/mol. The van der Waals surface area contributed by atoms with Gasteiger partial charge in [0.1, 0.15) is 23.2 Å².